The van der Waals surface area contributed by atoms with Gasteiger partial charge < -0.3 is 43.3 Å². The minimum Gasteiger partial charge on any atom is -1.00 e. The molecule has 90 valence electrons. The molecule has 1 spiro atoms. The van der Waals surface area contributed by atoms with E-state index in [-0.39, 0.29) is 25.1 Å². The predicted molar refractivity (Wildman–Crippen MR) is 44.0 cm³/mol. The van der Waals surface area contributed by atoms with Crippen LogP contribution in [0.25, 0.3) is 0 Å². The molecule has 0 aromatic heterocycles. The van der Waals surface area contributed by atoms with Crippen molar-refractivity contribution >= 4 is 0 Å². The van der Waals surface area contributed by atoms with E-state index in [1.165, 1.54) is 0 Å². The molecule has 6 nitrogen and oxygen atoms in total. The molecule has 1 heterocycles. The Morgan fingerprint density at radius 1 is 1.27 bits per heavy atom. The van der Waals surface area contributed by atoms with Crippen molar-refractivity contribution in [1.29, 1.82) is 0 Å². The van der Waals surface area contributed by atoms with Gasteiger partial charge in [0.15, 0.2) is 5.60 Å². The van der Waals surface area contributed by atoms with Crippen molar-refractivity contribution in [3.63, 3.8) is 0 Å². The van der Waals surface area contributed by atoms with Crippen LogP contribution in [0.4, 0.5) is 0 Å². The highest BCUT2D eigenvalue weighted by Crippen LogP contribution is 2.46. The number of aliphatic hydroxyl groups excluding tert-OH is 4. The maximum absolute atomic E-state index is 9.67. The second-order valence-corrected chi connectivity index (χ2v) is 4.12. The third-order valence-electron chi connectivity index (χ3n) is 3.20. The highest BCUT2D eigenvalue weighted by Gasteiger charge is 2.68. The maximum atomic E-state index is 9.67. The van der Waals surface area contributed by atoms with E-state index in [2.05, 4.69) is 5.73 Å². The van der Waals surface area contributed by atoms with Crippen LogP contribution in [0, 0.1) is 0 Å². The van der Waals surface area contributed by atoms with E-state index in [0.29, 0.717) is 6.42 Å². The largest absolute Gasteiger partial charge is 1.00 e. The van der Waals surface area contributed by atoms with E-state index in [1.54, 1.807) is 0 Å². The van der Waals surface area contributed by atoms with E-state index < -0.39 is 30.0 Å². The lowest BCUT2D eigenvalue weighted by Crippen LogP contribution is -3.00. The zero-order chi connectivity index (χ0) is 10.5. The fraction of sp³-hybridized carbons (Fsp3) is 1.00. The van der Waals surface area contributed by atoms with Crippen molar-refractivity contribution in [3.8, 4) is 0 Å². The minimum atomic E-state index is -1.27. The normalized spacial score (nSPS) is 53.8. The topological polar surface area (TPSA) is 118 Å². The van der Waals surface area contributed by atoms with Gasteiger partial charge in [-0.05, 0) is 0 Å². The molecule has 15 heavy (non-hydrogen) atoms. The van der Waals surface area contributed by atoms with Gasteiger partial charge in [0.25, 0.3) is 0 Å². The molecule has 2 rings (SSSR count). The number of ether oxygens (including phenoxy) is 1. The molecule has 0 unspecified atom stereocenters. The third-order valence-corrected chi connectivity index (χ3v) is 3.20. The molecule has 0 bridgehead atoms. The summed E-state index contributed by atoms with van der Waals surface area (Å²) in [5.74, 6) is 0. The van der Waals surface area contributed by atoms with Crippen LogP contribution in [0.2, 0.25) is 0 Å². The van der Waals surface area contributed by atoms with Crippen LogP contribution < -0.4 is 18.1 Å². The van der Waals surface area contributed by atoms with Gasteiger partial charge in [0.2, 0.25) is 0 Å². The van der Waals surface area contributed by atoms with Crippen LogP contribution in [0.3, 0.4) is 0 Å². The summed E-state index contributed by atoms with van der Waals surface area (Å²) < 4.78 is 5.37. The molecule has 0 aromatic carbocycles. The van der Waals surface area contributed by atoms with Gasteiger partial charge in [-0.15, -0.1) is 0 Å². The lowest BCUT2D eigenvalue weighted by molar-refractivity contribution is -0.411. The van der Waals surface area contributed by atoms with Gasteiger partial charge in [0.1, 0.15) is 30.5 Å². The Labute approximate surface area is 93.1 Å². The summed E-state index contributed by atoms with van der Waals surface area (Å²) >= 11 is 0. The highest BCUT2D eigenvalue weighted by atomic mass is 35.5. The van der Waals surface area contributed by atoms with Gasteiger partial charge in [-0.2, -0.15) is 0 Å². The van der Waals surface area contributed by atoms with Gasteiger partial charge in [-0.1, -0.05) is 0 Å². The van der Waals surface area contributed by atoms with E-state index >= 15 is 0 Å². The van der Waals surface area contributed by atoms with Crippen molar-refractivity contribution in [2.45, 2.75) is 42.5 Å². The van der Waals surface area contributed by atoms with E-state index in [4.69, 9.17) is 9.84 Å². The minimum absolute atomic E-state index is 0. The van der Waals surface area contributed by atoms with Gasteiger partial charge in [-0.3, -0.25) is 0 Å². The quantitative estimate of drug-likeness (QED) is 0.313. The first-order valence-electron chi connectivity index (χ1n) is 4.69. The van der Waals surface area contributed by atoms with Gasteiger partial charge in [0, 0.05) is 6.42 Å². The van der Waals surface area contributed by atoms with Crippen LogP contribution in [-0.2, 0) is 4.74 Å². The van der Waals surface area contributed by atoms with Crippen LogP contribution in [0.1, 0.15) is 6.42 Å². The fourth-order valence-corrected chi connectivity index (χ4v) is 2.10. The van der Waals surface area contributed by atoms with Crippen LogP contribution in [0.5, 0.6) is 0 Å². The number of quaternary nitrogens is 1. The Balaban J connectivity index is 0.00000112. The monoisotopic (exact) mass is 241 g/mol. The molecular formula is C8H16ClNO5. The maximum Gasteiger partial charge on any atom is 0.154 e. The van der Waals surface area contributed by atoms with E-state index in [9.17, 15) is 15.3 Å². The zero-order valence-electron chi connectivity index (χ0n) is 8.08. The highest BCUT2D eigenvalue weighted by molar-refractivity contribution is 5.16. The lowest BCUT2D eigenvalue weighted by Gasteiger charge is -2.40. The van der Waals surface area contributed by atoms with Crippen LogP contribution >= 0.6 is 0 Å². The van der Waals surface area contributed by atoms with Crippen LogP contribution in [0.15, 0.2) is 0 Å². The van der Waals surface area contributed by atoms with Crippen molar-refractivity contribution in [2.24, 2.45) is 0 Å². The number of hydrogen-bond donors (Lipinski definition) is 5. The second kappa shape index (κ2) is 4.14. The molecule has 2 aliphatic rings. The summed E-state index contributed by atoms with van der Waals surface area (Å²) in [5, 5.41) is 37.5. The first-order chi connectivity index (χ1) is 6.53. The standard InChI is InChI=1S/C8H15NO5.ClH/c9-4-1-8(4)7(13)6(12)5(11)3(2-10)14-8;/h3-7,10-13H,1-2,9H2;1H/t3-,4-,5-,6+,7-,8+;/m1./s1. The molecule has 1 aliphatic heterocycles. The summed E-state index contributed by atoms with van der Waals surface area (Å²) in [5.41, 5.74) is 2.89. The SMILES string of the molecule is [Cl-].[NH3+][C@@H]1C[C@]12O[C@H](CO)[C@@H](O)[C@H](O)[C@H]2O. The third kappa shape index (κ3) is 1.76. The molecule has 1 saturated carbocycles. The molecule has 0 radical (unpaired) electrons. The first kappa shape index (κ1) is 13.1. The summed E-state index contributed by atoms with van der Waals surface area (Å²) in [4.78, 5) is 0. The Morgan fingerprint density at radius 2 is 1.80 bits per heavy atom. The average molecular weight is 242 g/mol. The van der Waals surface area contributed by atoms with Crippen molar-refractivity contribution in [1.82, 2.24) is 0 Å². The number of hydrogen-bond acceptors (Lipinski definition) is 5. The second-order valence-electron chi connectivity index (χ2n) is 4.12. The van der Waals surface area contributed by atoms with Crippen LogP contribution in [-0.4, -0.2) is 63.1 Å². The first-order valence-corrected chi connectivity index (χ1v) is 4.69. The number of halogens is 1. The molecule has 6 atom stereocenters. The molecule has 0 amide bonds. The van der Waals surface area contributed by atoms with Gasteiger partial charge in [-0.25, -0.2) is 0 Å². The Bertz CT molecular complexity index is 241. The average Bonchev–Trinajstić information content (AvgIpc) is 2.81. The van der Waals surface area contributed by atoms with Gasteiger partial charge in [0.05, 0.1) is 6.61 Å². The summed E-state index contributed by atoms with van der Waals surface area (Å²) in [6.45, 7) is -0.376. The molecule has 7 heteroatoms. The number of rotatable bonds is 1. The summed E-state index contributed by atoms with van der Waals surface area (Å²) in [6.07, 6.45) is -3.92. The lowest BCUT2D eigenvalue weighted by atomic mass is 9.93. The fourth-order valence-electron chi connectivity index (χ4n) is 2.10. The zero-order valence-corrected chi connectivity index (χ0v) is 8.84. The molecular weight excluding hydrogens is 226 g/mol. The molecule has 7 N–H and O–H groups in total. The predicted octanol–water partition coefficient (Wildman–Crippen LogP) is -6.78. The Kier molecular flexibility index (Phi) is 3.62. The summed E-state index contributed by atoms with van der Waals surface area (Å²) in [7, 11) is 0. The molecule has 2 fully saturated rings. The van der Waals surface area contributed by atoms with Crippen molar-refractivity contribution < 1.29 is 43.3 Å². The van der Waals surface area contributed by atoms with Crippen molar-refractivity contribution in [3.05, 3.63) is 0 Å². The Morgan fingerprint density at radius 3 is 2.20 bits per heavy atom. The molecule has 1 aliphatic carbocycles. The number of aliphatic hydroxyl groups is 4. The van der Waals surface area contributed by atoms with Gasteiger partial charge >= 0.3 is 0 Å². The van der Waals surface area contributed by atoms with E-state index in [1.807, 2.05) is 0 Å². The summed E-state index contributed by atoms with van der Waals surface area (Å²) in [6, 6.07) is -0.0892. The molecule has 1 saturated heterocycles. The molecule has 0 aromatic rings. The van der Waals surface area contributed by atoms with Crippen molar-refractivity contribution in [2.75, 3.05) is 6.61 Å². The smallest absolute Gasteiger partial charge is 0.154 e. The Hall–Kier alpha value is 0.0500. The van der Waals surface area contributed by atoms with E-state index in [0.717, 1.165) is 0 Å².